The van der Waals surface area contributed by atoms with Crippen LogP contribution in [0.5, 0.6) is 0 Å². The minimum Gasteiger partial charge on any atom is -0.224 e. The first-order valence-electron chi connectivity index (χ1n) is 10.7. The van der Waals surface area contributed by atoms with E-state index >= 15 is 0 Å². The molecule has 0 unspecified atom stereocenters. The molecule has 2 aliphatic carbocycles. The topological polar surface area (TPSA) is 34.1 Å². The largest absolute Gasteiger partial charge is 0.224 e. The number of hydrogen-bond acceptors (Lipinski definition) is 2. The number of hydrogen-bond donors (Lipinski definition) is 0. The number of rotatable bonds is 3. The van der Waals surface area contributed by atoms with Crippen LogP contribution in [0, 0.1) is 13.8 Å². The lowest BCUT2D eigenvalue weighted by atomic mass is 9.81. The van der Waals surface area contributed by atoms with Gasteiger partial charge in [0, 0.05) is 6.26 Å². The summed E-state index contributed by atoms with van der Waals surface area (Å²) >= 11 is 0. The van der Waals surface area contributed by atoms with Crippen molar-refractivity contribution in [3.63, 3.8) is 0 Å². The van der Waals surface area contributed by atoms with Gasteiger partial charge in [0.25, 0.3) is 0 Å². The second kappa shape index (κ2) is 8.46. The molecule has 2 saturated carbocycles. The van der Waals surface area contributed by atoms with Crippen LogP contribution in [-0.4, -0.2) is 14.7 Å². The van der Waals surface area contributed by atoms with Crippen molar-refractivity contribution in [1.29, 1.82) is 0 Å². The van der Waals surface area contributed by atoms with E-state index in [1.165, 1.54) is 87.2 Å². The zero-order valence-corrected chi connectivity index (χ0v) is 17.8. The Bertz CT molecular complexity index is 717. The van der Waals surface area contributed by atoms with Gasteiger partial charge >= 0.3 is 0 Å². The van der Waals surface area contributed by atoms with Crippen molar-refractivity contribution in [2.24, 2.45) is 0 Å². The molecule has 0 spiro atoms. The maximum Gasteiger partial charge on any atom is 0.175 e. The van der Waals surface area contributed by atoms with Crippen molar-refractivity contribution < 1.29 is 8.42 Å². The van der Waals surface area contributed by atoms with Gasteiger partial charge in [-0.3, -0.25) is 0 Å². The lowest BCUT2D eigenvalue weighted by molar-refractivity contribution is 0.560. The van der Waals surface area contributed by atoms with Crippen molar-refractivity contribution in [1.82, 2.24) is 0 Å². The van der Waals surface area contributed by atoms with Crippen molar-refractivity contribution in [3.05, 3.63) is 28.3 Å². The summed E-state index contributed by atoms with van der Waals surface area (Å²) in [5.74, 6) is 0.962. The van der Waals surface area contributed by atoms with E-state index in [2.05, 4.69) is 19.9 Å². The molecule has 0 aromatic heterocycles. The van der Waals surface area contributed by atoms with Crippen LogP contribution in [0.1, 0.15) is 111 Å². The summed E-state index contributed by atoms with van der Waals surface area (Å²) in [6.45, 7) is 4.42. The van der Waals surface area contributed by atoms with Crippen LogP contribution in [0.3, 0.4) is 0 Å². The first-order valence-corrected chi connectivity index (χ1v) is 12.6. The zero-order valence-electron chi connectivity index (χ0n) is 16.9. The van der Waals surface area contributed by atoms with Crippen molar-refractivity contribution in [2.45, 2.75) is 108 Å². The van der Waals surface area contributed by atoms with Crippen LogP contribution in [0.2, 0.25) is 0 Å². The number of sulfone groups is 1. The Balaban J connectivity index is 2.10. The molecule has 0 atom stereocenters. The van der Waals surface area contributed by atoms with Gasteiger partial charge in [0.05, 0.1) is 4.90 Å². The highest BCUT2D eigenvalue weighted by Crippen LogP contribution is 2.42. The second-order valence-corrected chi connectivity index (χ2v) is 10.8. The fourth-order valence-electron chi connectivity index (χ4n) is 5.33. The molecule has 2 fully saturated rings. The summed E-state index contributed by atoms with van der Waals surface area (Å²) in [5, 5.41) is 0. The molecule has 2 aliphatic rings. The lowest BCUT2D eigenvalue weighted by Crippen LogP contribution is -2.13. The predicted molar refractivity (Wildman–Crippen MR) is 110 cm³/mol. The summed E-state index contributed by atoms with van der Waals surface area (Å²) in [5.41, 5.74) is 5.11. The van der Waals surface area contributed by atoms with Gasteiger partial charge < -0.3 is 0 Å². The molecule has 0 heterocycles. The first kappa shape index (κ1) is 19.9. The smallest absolute Gasteiger partial charge is 0.175 e. The molecule has 0 N–H and O–H groups in total. The third-order valence-electron chi connectivity index (χ3n) is 6.91. The van der Waals surface area contributed by atoms with E-state index in [1.807, 2.05) is 0 Å². The fourth-order valence-corrected chi connectivity index (χ4v) is 6.39. The molecule has 0 saturated heterocycles. The average molecular weight is 377 g/mol. The first-order chi connectivity index (χ1) is 12.4. The minimum atomic E-state index is -3.20. The molecule has 26 heavy (non-hydrogen) atoms. The van der Waals surface area contributed by atoms with Gasteiger partial charge in [0.1, 0.15) is 0 Å². The van der Waals surface area contributed by atoms with Gasteiger partial charge in [-0.05, 0) is 79.7 Å². The Hall–Kier alpha value is -0.830. The molecule has 3 heteroatoms. The highest BCUT2D eigenvalue weighted by molar-refractivity contribution is 7.90. The SMILES string of the molecule is Cc1c(C2CCCCCC2)cc(S(C)(=O)=O)c(C2CCCCCC2)c1C. The summed E-state index contributed by atoms with van der Waals surface area (Å²) in [4.78, 5) is 0.645. The standard InChI is InChI=1S/C23H36O2S/c1-17-18(2)23(20-14-10-6-7-11-15-20)22(26(3,24)25)16-21(17)19-12-8-4-5-9-13-19/h16,19-20H,4-15H2,1-3H3. The van der Waals surface area contributed by atoms with Crippen LogP contribution >= 0.6 is 0 Å². The van der Waals surface area contributed by atoms with E-state index in [1.54, 1.807) is 0 Å². The van der Waals surface area contributed by atoms with E-state index in [-0.39, 0.29) is 0 Å². The molecule has 2 nitrogen and oxygen atoms in total. The van der Waals surface area contributed by atoms with Gasteiger partial charge in [0.2, 0.25) is 0 Å². The molecule has 1 aromatic carbocycles. The lowest BCUT2D eigenvalue weighted by Gasteiger charge is -2.26. The van der Waals surface area contributed by atoms with Gasteiger partial charge in [-0.15, -0.1) is 0 Å². The monoisotopic (exact) mass is 376 g/mol. The molecular formula is C23H36O2S. The molecule has 146 valence electrons. The summed E-state index contributed by atoms with van der Waals surface area (Å²) in [7, 11) is -3.20. The second-order valence-electron chi connectivity index (χ2n) is 8.78. The van der Waals surface area contributed by atoms with Crippen molar-refractivity contribution >= 4 is 9.84 Å². The molecule has 0 amide bonds. The summed E-state index contributed by atoms with van der Waals surface area (Å²) in [6, 6.07) is 2.09. The molecule has 0 radical (unpaired) electrons. The van der Waals surface area contributed by atoms with Gasteiger partial charge in [-0.2, -0.15) is 0 Å². The zero-order chi connectivity index (χ0) is 18.7. The molecule has 0 bridgehead atoms. The minimum absolute atomic E-state index is 0.420. The molecule has 1 aromatic rings. The van der Waals surface area contributed by atoms with Crippen LogP contribution < -0.4 is 0 Å². The maximum absolute atomic E-state index is 12.7. The Kier molecular flexibility index (Phi) is 6.48. The molecule has 3 rings (SSSR count). The highest BCUT2D eigenvalue weighted by Gasteiger charge is 2.28. The quantitative estimate of drug-likeness (QED) is 0.558. The third kappa shape index (κ3) is 4.35. The third-order valence-corrected chi connectivity index (χ3v) is 8.05. The van der Waals surface area contributed by atoms with Gasteiger partial charge in [-0.25, -0.2) is 8.42 Å². The van der Waals surface area contributed by atoms with Gasteiger partial charge in [-0.1, -0.05) is 51.4 Å². The number of benzene rings is 1. The van der Waals surface area contributed by atoms with Crippen molar-refractivity contribution in [2.75, 3.05) is 6.26 Å². The van der Waals surface area contributed by atoms with E-state index < -0.39 is 9.84 Å². The Morgan fingerprint density at radius 2 is 1.19 bits per heavy atom. The van der Waals surface area contributed by atoms with E-state index in [9.17, 15) is 8.42 Å². The van der Waals surface area contributed by atoms with Crippen molar-refractivity contribution in [3.8, 4) is 0 Å². The van der Waals surface area contributed by atoms with E-state index in [0.29, 0.717) is 16.7 Å². The van der Waals surface area contributed by atoms with E-state index in [4.69, 9.17) is 0 Å². The van der Waals surface area contributed by atoms with Gasteiger partial charge in [0.15, 0.2) is 9.84 Å². The Morgan fingerprint density at radius 3 is 1.65 bits per heavy atom. The fraction of sp³-hybridized carbons (Fsp3) is 0.739. The molecule has 0 aliphatic heterocycles. The average Bonchev–Trinajstić information content (AvgIpc) is 3.01. The van der Waals surface area contributed by atoms with Crippen LogP contribution in [0.4, 0.5) is 0 Å². The predicted octanol–water partition coefficient (Wildman–Crippen LogP) is 6.58. The van der Waals surface area contributed by atoms with Crippen LogP contribution in [0.15, 0.2) is 11.0 Å². The molecular weight excluding hydrogens is 340 g/mol. The highest BCUT2D eigenvalue weighted by atomic mass is 32.2. The van der Waals surface area contributed by atoms with Crippen LogP contribution in [0.25, 0.3) is 0 Å². The summed E-state index contributed by atoms with van der Waals surface area (Å²) < 4.78 is 25.5. The van der Waals surface area contributed by atoms with Crippen LogP contribution in [-0.2, 0) is 9.84 Å². The normalized spacial score (nSPS) is 21.3. The summed E-state index contributed by atoms with van der Waals surface area (Å²) in [6.07, 6.45) is 16.4. The Morgan fingerprint density at radius 1 is 0.731 bits per heavy atom. The van der Waals surface area contributed by atoms with E-state index in [0.717, 1.165) is 18.4 Å². The Labute approximate surface area is 160 Å². The maximum atomic E-state index is 12.7.